The van der Waals surface area contributed by atoms with E-state index in [2.05, 4.69) is 84.9 Å². The molecule has 2 aliphatic rings. The van der Waals surface area contributed by atoms with E-state index >= 15 is 0 Å². The monoisotopic (exact) mass is 504 g/mol. The van der Waals surface area contributed by atoms with E-state index in [-0.39, 0.29) is 11.8 Å². The number of fused-ring (bicyclic) bond motifs is 8. The quantitative estimate of drug-likeness (QED) is 0.253. The lowest BCUT2D eigenvalue weighted by atomic mass is 9.52. The highest BCUT2D eigenvalue weighted by molar-refractivity contribution is 5.84. The summed E-state index contributed by atoms with van der Waals surface area (Å²) in [5.74, 6) is -0.397. The molecule has 0 aliphatic heterocycles. The van der Waals surface area contributed by atoms with Crippen molar-refractivity contribution in [1.29, 1.82) is 0 Å². The first kappa shape index (κ1) is 22.7. The van der Waals surface area contributed by atoms with Crippen LogP contribution in [-0.4, -0.2) is 10.2 Å². The fraction of sp³-hybridized carbons (Fsp3) is 0.135. The Morgan fingerprint density at radius 1 is 0.436 bits per heavy atom. The molecule has 0 spiro atoms. The van der Waals surface area contributed by atoms with E-state index in [1.165, 1.54) is 0 Å². The van der Waals surface area contributed by atoms with E-state index in [1.807, 2.05) is 48.5 Å². The van der Waals surface area contributed by atoms with Gasteiger partial charge in [0.15, 0.2) is 0 Å². The van der Waals surface area contributed by atoms with E-state index in [0.717, 1.165) is 54.9 Å². The zero-order valence-electron chi connectivity index (χ0n) is 21.5. The van der Waals surface area contributed by atoms with Gasteiger partial charge in [0.1, 0.15) is 11.2 Å². The van der Waals surface area contributed by atoms with E-state index in [4.69, 9.17) is 0 Å². The maximum absolute atomic E-state index is 12.9. The number of hydrogen-bond acceptors (Lipinski definition) is 2. The SMILES string of the molecule is O[C@@]1(c2ccc3ccccc3c2)c2ccccc2[C@@H]2C[C@H]1c1ccccc1[C@@]2(O)c1ccc2ccccc2c1. The van der Waals surface area contributed by atoms with E-state index in [9.17, 15) is 10.2 Å². The van der Waals surface area contributed by atoms with E-state index in [1.54, 1.807) is 0 Å². The maximum Gasteiger partial charge on any atom is 0.122 e. The molecule has 0 heterocycles. The van der Waals surface area contributed by atoms with Crippen molar-refractivity contribution in [1.82, 2.24) is 0 Å². The van der Waals surface area contributed by atoms with Crippen LogP contribution in [0.2, 0.25) is 0 Å². The van der Waals surface area contributed by atoms with Crippen LogP contribution >= 0.6 is 0 Å². The van der Waals surface area contributed by atoms with Crippen molar-refractivity contribution in [2.45, 2.75) is 29.5 Å². The van der Waals surface area contributed by atoms with Crippen molar-refractivity contribution in [3.63, 3.8) is 0 Å². The van der Waals surface area contributed by atoms with Crippen LogP contribution in [0.5, 0.6) is 0 Å². The molecule has 0 radical (unpaired) electrons. The molecule has 39 heavy (non-hydrogen) atoms. The van der Waals surface area contributed by atoms with Crippen LogP contribution in [0.15, 0.2) is 133 Å². The van der Waals surface area contributed by atoms with E-state index in [0.29, 0.717) is 6.42 Å². The minimum Gasteiger partial charge on any atom is -0.380 e. The average Bonchev–Trinajstić information content (AvgIpc) is 3.00. The standard InChI is InChI=1S/C37H28O2/c38-36(28-19-17-24-9-1-3-11-26(24)21-28)32-15-7-5-13-30(32)35-23-34(36)31-14-6-8-16-33(31)37(35,39)29-20-18-25-10-2-4-12-27(25)22-29/h1-22,34-35,38-39H,23H2/t34-,35-,36-,37-/m0/s1. The van der Waals surface area contributed by atoms with Crippen molar-refractivity contribution in [2.24, 2.45) is 0 Å². The van der Waals surface area contributed by atoms with Crippen LogP contribution in [0.1, 0.15) is 51.6 Å². The molecule has 4 atom stereocenters. The molecular weight excluding hydrogens is 476 g/mol. The van der Waals surface area contributed by atoms with Crippen molar-refractivity contribution >= 4 is 21.5 Å². The van der Waals surface area contributed by atoms with Crippen molar-refractivity contribution in [3.05, 3.63) is 167 Å². The fourth-order valence-electron chi connectivity index (χ4n) is 7.52. The number of hydrogen-bond donors (Lipinski definition) is 2. The molecule has 0 aromatic heterocycles. The summed E-state index contributed by atoms with van der Waals surface area (Å²) >= 11 is 0. The molecule has 6 aromatic carbocycles. The van der Waals surface area contributed by atoms with Crippen molar-refractivity contribution < 1.29 is 10.2 Å². The zero-order valence-corrected chi connectivity index (χ0v) is 21.5. The second-order valence-corrected chi connectivity index (χ2v) is 11.2. The molecule has 6 aromatic rings. The largest absolute Gasteiger partial charge is 0.380 e. The van der Waals surface area contributed by atoms with Gasteiger partial charge in [-0.3, -0.25) is 0 Å². The lowest BCUT2D eigenvalue weighted by Crippen LogP contribution is -2.50. The van der Waals surface area contributed by atoms with Crippen LogP contribution < -0.4 is 0 Å². The van der Waals surface area contributed by atoms with Gasteiger partial charge in [0, 0.05) is 11.8 Å². The molecule has 2 bridgehead atoms. The second kappa shape index (κ2) is 8.13. The fourth-order valence-corrected chi connectivity index (χ4v) is 7.52. The van der Waals surface area contributed by atoms with Crippen LogP contribution in [0, 0.1) is 0 Å². The summed E-state index contributed by atoms with van der Waals surface area (Å²) in [6.07, 6.45) is 0.640. The molecule has 188 valence electrons. The summed E-state index contributed by atoms with van der Waals surface area (Å²) in [6, 6.07) is 45.6. The first-order valence-corrected chi connectivity index (χ1v) is 13.7. The number of aliphatic hydroxyl groups is 2. The Morgan fingerprint density at radius 3 is 1.28 bits per heavy atom. The molecule has 2 nitrogen and oxygen atoms in total. The smallest absolute Gasteiger partial charge is 0.122 e. The zero-order chi connectivity index (χ0) is 26.2. The van der Waals surface area contributed by atoms with Crippen LogP contribution in [0.3, 0.4) is 0 Å². The molecular formula is C37H28O2. The third-order valence-electron chi connectivity index (χ3n) is 9.35. The van der Waals surface area contributed by atoms with Gasteiger partial charge in [-0.2, -0.15) is 0 Å². The third-order valence-corrected chi connectivity index (χ3v) is 9.35. The lowest BCUT2D eigenvalue weighted by molar-refractivity contribution is -0.0227. The van der Waals surface area contributed by atoms with Crippen molar-refractivity contribution in [2.75, 3.05) is 0 Å². The average molecular weight is 505 g/mol. The highest BCUT2D eigenvalue weighted by Crippen LogP contribution is 2.63. The Morgan fingerprint density at radius 2 is 0.821 bits per heavy atom. The summed E-state index contributed by atoms with van der Waals surface area (Å²) < 4.78 is 0. The maximum atomic E-state index is 12.9. The van der Waals surface area contributed by atoms with Gasteiger partial charge in [0.05, 0.1) is 0 Å². The first-order valence-electron chi connectivity index (χ1n) is 13.7. The Bertz CT molecular complexity index is 1770. The van der Waals surface area contributed by atoms with Crippen molar-refractivity contribution in [3.8, 4) is 0 Å². The van der Waals surface area contributed by atoms with Gasteiger partial charge in [-0.1, -0.05) is 121 Å². The summed E-state index contributed by atoms with van der Waals surface area (Å²) in [7, 11) is 0. The van der Waals surface area contributed by atoms with Crippen LogP contribution in [0.25, 0.3) is 21.5 Å². The Kier molecular flexibility index (Phi) is 4.74. The topological polar surface area (TPSA) is 40.5 Å². The lowest BCUT2D eigenvalue weighted by Gasteiger charge is -2.54. The highest BCUT2D eigenvalue weighted by Gasteiger charge is 2.58. The summed E-state index contributed by atoms with van der Waals surface area (Å²) in [6.45, 7) is 0. The van der Waals surface area contributed by atoms with Gasteiger partial charge in [-0.05, 0) is 73.5 Å². The van der Waals surface area contributed by atoms with Gasteiger partial charge in [-0.25, -0.2) is 0 Å². The normalized spacial score (nSPS) is 25.3. The summed E-state index contributed by atoms with van der Waals surface area (Å²) in [4.78, 5) is 0. The van der Waals surface area contributed by atoms with Gasteiger partial charge in [0.25, 0.3) is 0 Å². The molecule has 0 fully saturated rings. The predicted molar refractivity (Wildman–Crippen MR) is 157 cm³/mol. The molecule has 0 saturated carbocycles. The summed E-state index contributed by atoms with van der Waals surface area (Å²) in [5.41, 5.74) is 3.12. The van der Waals surface area contributed by atoms with Gasteiger partial charge in [-0.15, -0.1) is 0 Å². The predicted octanol–water partition coefficient (Wildman–Crippen LogP) is 7.75. The van der Waals surface area contributed by atoms with Gasteiger partial charge < -0.3 is 10.2 Å². The molecule has 0 amide bonds. The number of benzene rings is 6. The molecule has 2 aliphatic carbocycles. The van der Waals surface area contributed by atoms with Crippen LogP contribution in [-0.2, 0) is 11.2 Å². The third kappa shape index (κ3) is 3.04. The number of rotatable bonds is 2. The van der Waals surface area contributed by atoms with Gasteiger partial charge >= 0.3 is 0 Å². The first-order chi connectivity index (χ1) is 19.1. The molecule has 0 saturated heterocycles. The molecule has 2 N–H and O–H groups in total. The Labute approximate surface area is 227 Å². The molecule has 0 unspecified atom stereocenters. The molecule has 2 heteroatoms. The minimum atomic E-state index is -1.22. The Balaban J connectivity index is 1.41. The molecule has 8 rings (SSSR count). The van der Waals surface area contributed by atoms with E-state index < -0.39 is 11.2 Å². The van der Waals surface area contributed by atoms with Crippen LogP contribution in [0.4, 0.5) is 0 Å². The second-order valence-electron chi connectivity index (χ2n) is 11.2. The Hall–Kier alpha value is -4.24. The highest BCUT2D eigenvalue weighted by atomic mass is 16.3. The summed E-state index contributed by atoms with van der Waals surface area (Å²) in [5, 5.41) is 30.4. The van der Waals surface area contributed by atoms with Gasteiger partial charge in [0.2, 0.25) is 0 Å². The minimum absolute atomic E-state index is 0.199.